The Balaban J connectivity index is 2.52. The zero-order valence-electron chi connectivity index (χ0n) is 11.2. The molecule has 2 N–H and O–H groups in total. The normalized spacial score (nSPS) is 10.6. The van der Waals surface area contributed by atoms with Crippen LogP contribution in [0.25, 0.3) is 11.3 Å². The molecule has 1 amide bonds. The highest BCUT2D eigenvalue weighted by Crippen LogP contribution is 2.25. The molecule has 4 heteroatoms. The van der Waals surface area contributed by atoms with Gasteiger partial charge >= 0.3 is 0 Å². The van der Waals surface area contributed by atoms with Crippen molar-refractivity contribution < 1.29 is 9.53 Å². The van der Waals surface area contributed by atoms with Gasteiger partial charge in [-0.2, -0.15) is 0 Å². The van der Waals surface area contributed by atoms with Crippen molar-refractivity contribution in [2.75, 3.05) is 13.7 Å². The van der Waals surface area contributed by atoms with E-state index in [0.29, 0.717) is 18.7 Å². The molecule has 0 atom stereocenters. The Kier molecular flexibility index (Phi) is 4.02. The van der Waals surface area contributed by atoms with Crippen molar-refractivity contribution in [2.24, 2.45) is 5.73 Å². The minimum Gasteiger partial charge on any atom is -0.383 e. The highest BCUT2D eigenvalue weighted by Gasteiger charge is 2.16. The average Bonchev–Trinajstić information content (AvgIpc) is 2.75. The molecule has 100 valence electrons. The Bertz CT molecular complexity index is 573. The maximum atomic E-state index is 11.5. The standard InChI is InChI=1S/C15H18N2O2/c1-11-13(15(16)18)10-14(17(11)8-9-19-2)12-6-4-3-5-7-12/h3-7,10H,8-9H2,1-2H3,(H2,16,18). The van der Waals surface area contributed by atoms with E-state index in [4.69, 9.17) is 10.5 Å². The van der Waals surface area contributed by atoms with Crippen LogP contribution >= 0.6 is 0 Å². The van der Waals surface area contributed by atoms with Crippen LogP contribution in [0.4, 0.5) is 0 Å². The van der Waals surface area contributed by atoms with E-state index in [0.717, 1.165) is 17.0 Å². The topological polar surface area (TPSA) is 57.2 Å². The highest BCUT2D eigenvalue weighted by molar-refractivity contribution is 5.95. The van der Waals surface area contributed by atoms with Crippen molar-refractivity contribution in [1.29, 1.82) is 0 Å². The predicted molar refractivity (Wildman–Crippen MR) is 75.0 cm³/mol. The summed E-state index contributed by atoms with van der Waals surface area (Å²) in [5, 5.41) is 0. The average molecular weight is 258 g/mol. The zero-order chi connectivity index (χ0) is 13.8. The summed E-state index contributed by atoms with van der Waals surface area (Å²) < 4.78 is 7.19. The molecule has 0 aliphatic carbocycles. The van der Waals surface area contributed by atoms with E-state index >= 15 is 0 Å². The van der Waals surface area contributed by atoms with Crippen LogP contribution in [0.15, 0.2) is 36.4 Å². The van der Waals surface area contributed by atoms with Gasteiger partial charge in [0.2, 0.25) is 0 Å². The van der Waals surface area contributed by atoms with Gasteiger partial charge in [0.05, 0.1) is 12.2 Å². The second kappa shape index (κ2) is 5.71. The van der Waals surface area contributed by atoms with Crippen LogP contribution in [0.5, 0.6) is 0 Å². The molecule has 1 heterocycles. The predicted octanol–water partition coefficient (Wildman–Crippen LogP) is 2.21. The monoisotopic (exact) mass is 258 g/mol. The van der Waals surface area contributed by atoms with Crippen LogP contribution < -0.4 is 5.73 Å². The van der Waals surface area contributed by atoms with E-state index < -0.39 is 5.91 Å². The molecule has 0 fully saturated rings. The second-order valence-electron chi connectivity index (χ2n) is 4.40. The minimum atomic E-state index is -0.397. The first-order valence-corrected chi connectivity index (χ1v) is 6.19. The van der Waals surface area contributed by atoms with Crippen molar-refractivity contribution in [1.82, 2.24) is 4.57 Å². The van der Waals surface area contributed by atoms with Crippen molar-refractivity contribution in [3.8, 4) is 11.3 Å². The fourth-order valence-corrected chi connectivity index (χ4v) is 2.21. The summed E-state index contributed by atoms with van der Waals surface area (Å²) in [5.74, 6) is -0.397. The number of methoxy groups -OCH3 is 1. The quantitative estimate of drug-likeness (QED) is 0.894. The van der Waals surface area contributed by atoms with Gasteiger partial charge in [-0.3, -0.25) is 4.79 Å². The number of carbonyl (C=O) groups is 1. The first kappa shape index (κ1) is 13.4. The summed E-state index contributed by atoms with van der Waals surface area (Å²) in [6.07, 6.45) is 0. The van der Waals surface area contributed by atoms with E-state index in [2.05, 4.69) is 4.57 Å². The van der Waals surface area contributed by atoms with E-state index in [1.807, 2.05) is 43.3 Å². The van der Waals surface area contributed by atoms with Crippen LogP contribution in [0.2, 0.25) is 0 Å². The number of nitrogens with zero attached hydrogens (tertiary/aromatic N) is 1. The van der Waals surface area contributed by atoms with Crippen molar-refractivity contribution in [2.45, 2.75) is 13.5 Å². The molecular formula is C15H18N2O2. The number of nitrogens with two attached hydrogens (primary N) is 1. The highest BCUT2D eigenvalue weighted by atomic mass is 16.5. The number of rotatable bonds is 5. The lowest BCUT2D eigenvalue weighted by Crippen LogP contribution is -2.13. The lowest BCUT2D eigenvalue weighted by molar-refractivity contribution is 0.0999. The van der Waals surface area contributed by atoms with E-state index in [1.165, 1.54) is 0 Å². The molecule has 0 aliphatic rings. The molecule has 2 rings (SSSR count). The number of amides is 1. The Morgan fingerprint density at radius 3 is 2.58 bits per heavy atom. The number of benzene rings is 1. The summed E-state index contributed by atoms with van der Waals surface area (Å²) in [7, 11) is 1.66. The minimum absolute atomic E-state index is 0.397. The van der Waals surface area contributed by atoms with Crippen molar-refractivity contribution >= 4 is 5.91 Å². The molecule has 0 unspecified atom stereocenters. The molecule has 19 heavy (non-hydrogen) atoms. The SMILES string of the molecule is COCCn1c(-c2ccccc2)cc(C(N)=O)c1C. The largest absolute Gasteiger partial charge is 0.383 e. The molecule has 2 aromatic rings. The maximum absolute atomic E-state index is 11.5. The zero-order valence-corrected chi connectivity index (χ0v) is 11.2. The van der Waals surface area contributed by atoms with Crippen molar-refractivity contribution in [3.05, 3.63) is 47.7 Å². The Hall–Kier alpha value is -2.07. The van der Waals surface area contributed by atoms with Crippen LogP contribution in [-0.4, -0.2) is 24.2 Å². The van der Waals surface area contributed by atoms with Gasteiger partial charge in [-0.15, -0.1) is 0 Å². The van der Waals surface area contributed by atoms with Crippen LogP contribution in [0.1, 0.15) is 16.1 Å². The van der Waals surface area contributed by atoms with Gasteiger partial charge in [0.1, 0.15) is 0 Å². The van der Waals surface area contributed by atoms with E-state index in [1.54, 1.807) is 7.11 Å². The molecule has 0 spiro atoms. The summed E-state index contributed by atoms with van der Waals surface area (Å²) in [5.41, 5.74) is 8.92. The van der Waals surface area contributed by atoms with Gasteiger partial charge in [0.25, 0.3) is 5.91 Å². The molecule has 0 saturated heterocycles. The van der Waals surface area contributed by atoms with E-state index in [-0.39, 0.29) is 0 Å². The Morgan fingerprint density at radius 1 is 1.32 bits per heavy atom. The molecule has 0 bridgehead atoms. The van der Waals surface area contributed by atoms with Gasteiger partial charge < -0.3 is 15.0 Å². The first-order valence-electron chi connectivity index (χ1n) is 6.19. The Labute approximate surface area is 112 Å². The number of hydrogen-bond acceptors (Lipinski definition) is 2. The number of aromatic nitrogens is 1. The van der Waals surface area contributed by atoms with Gasteiger partial charge in [-0.25, -0.2) is 0 Å². The number of ether oxygens (including phenoxy) is 1. The van der Waals surface area contributed by atoms with E-state index in [9.17, 15) is 4.79 Å². The summed E-state index contributed by atoms with van der Waals surface area (Å²) in [6.45, 7) is 3.19. The first-order chi connectivity index (χ1) is 9.15. The molecule has 4 nitrogen and oxygen atoms in total. The number of hydrogen-bond donors (Lipinski definition) is 1. The van der Waals surface area contributed by atoms with Crippen LogP contribution in [0, 0.1) is 6.92 Å². The smallest absolute Gasteiger partial charge is 0.250 e. The number of carbonyl (C=O) groups excluding carboxylic acids is 1. The fourth-order valence-electron chi connectivity index (χ4n) is 2.21. The number of primary amides is 1. The summed E-state index contributed by atoms with van der Waals surface area (Å²) >= 11 is 0. The lowest BCUT2D eigenvalue weighted by atomic mass is 10.1. The van der Waals surface area contributed by atoms with Crippen LogP contribution in [-0.2, 0) is 11.3 Å². The third kappa shape index (κ3) is 2.69. The van der Waals surface area contributed by atoms with Gasteiger partial charge in [0.15, 0.2) is 0 Å². The van der Waals surface area contributed by atoms with Crippen LogP contribution in [0.3, 0.4) is 0 Å². The molecule has 0 aliphatic heterocycles. The van der Waals surface area contributed by atoms with Gasteiger partial charge in [0, 0.05) is 25.0 Å². The van der Waals surface area contributed by atoms with Gasteiger partial charge in [-0.1, -0.05) is 30.3 Å². The molecule has 0 radical (unpaired) electrons. The molecule has 0 saturated carbocycles. The summed E-state index contributed by atoms with van der Waals surface area (Å²) in [6, 6.07) is 11.8. The fraction of sp³-hybridized carbons (Fsp3) is 0.267. The third-order valence-corrected chi connectivity index (χ3v) is 3.22. The van der Waals surface area contributed by atoms with Gasteiger partial charge in [-0.05, 0) is 18.6 Å². The summed E-state index contributed by atoms with van der Waals surface area (Å²) in [4.78, 5) is 11.5. The second-order valence-corrected chi connectivity index (χ2v) is 4.40. The van der Waals surface area contributed by atoms with Crippen molar-refractivity contribution in [3.63, 3.8) is 0 Å². The maximum Gasteiger partial charge on any atom is 0.250 e. The molecule has 1 aromatic carbocycles. The third-order valence-electron chi connectivity index (χ3n) is 3.22. The Morgan fingerprint density at radius 2 is 2.00 bits per heavy atom. The molecule has 1 aromatic heterocycles. The molecular weight excluding hydrogens is 240 g/mol. The lowest BCUT2D eigenvalue weighted by Gasteiger charge is -2.11.